The maximum absolute atomic E-state index is 13.7. The molecule has 0 aliphatic heterocycles. The van der Waals surface area contributed by atoms with E-state index in [1.54, 1.807) is 6.92 Å². The molecule has 3 fully saturated rings. The van der Waals surface area contributed by atoms with Crippen molar-refractivity contribution in [1.29, 1.82) is 0 Å². The van der Waals surface area contributed by atoms with Gasteiger partial charge in [0.15, 0.2) is 0 Å². The number of pyridine rings is 1. The number of benzene rings is 2. The second-order valence-corrected chi connectivity index (χ2v) is 15.2. The molecule has 0 spiro atoms. The first-order valence-corrected chi connectivity index (χ1v) is 16.9. The number of fused-ring (bicyclic) bond motifs is 3. The first-order valence-electron chi connectivity index (χ1n) is 15.2. The lowest BCUT2D eigenvalue weighted by atomic mass is 9.40. The third kappa shape index (κ3) is 6.70. The van der Waals surface area contributed by atoms with Crippen LogP contribution in [0.5, 0.6) is 0 Å². The molecule has 14 heteroatoms. The monoisotopic (exact) mass is 683 g/mol. The summed E-state index contributed by atoms with van der Waals surface area (Å²) in [5, 5.41) is 3.43. The van der Waals surface area contributed by atoms with Crippen LogP contribution in [0.4, 0.5) is 26.3 Å². The number of carbonyl (C=O) groups excluding carboxylic acids is 2. The van der Waals surface area contributed by atoms with Crippen LogP contribution in [0.3, 0.4) is 0 Å². The molecule has 2 bridgehead atoms. The summed E-state index contributed by atoms with van der Waals surface area (Å²) in [4.78, 5) is 31.3. The number of sulfonamides is 1. The van der Waals surface area contributed by atoms with Gasteiger partial charge in [0.05, 0.1) is 39.5 Å². The number of carbonyl (C=O) groups is 2. The standard InChI is InChI=1S/C33H35F6N3O4S/c1-5-6-11-47(45,46)42-29(44)24-16-21-17-27(30(21,2)3)31(24,4)41-28(43)19-8-10-25-18(12-19)7-9-26(40-25)20-13-22(32(34,35)36)15-23(14-20)33(37,38)39/h7-10,12-15,21,24,27H,5-6,11,16-17H2,1-4H3,(H,41,43)(H,42,44)/t21?,24-,27?,31-/m0/s1. The molecule has 1 heterocycles. The van der Waals surface area contributed by atoms with Crippen molar-refractivity contribution >= 4 is 32.7 Å². The van der Waals surface area contributed by atoms with Gasteiger partial charge in [-0.25, -0.2) is 13.4 Å². The predicted octanol–water partition coefficient (Wildman–Crippen LogP) is 7.36. The number of rotatable bonds is 8. The van der Waals surface area contributed by atoms with Crippen molar-refractivity contribution in [3.8, 4) is 11.3 Å². The van der Waals surface area contributed by atoms with Crippen LogP contribution in [0, 0.1) is 23.2 Å². The smallest absolute Gasteiger partial charge is 0.346 e. The molecule has 2 aromatic carbocycles. The van der Waals surface area contributed by atoms with E-state index in [0.717, 1.165) is 6.42 Å². The quantitative estimate of drug-likeness (QED) is 0.242. The van der Waals surface area contributed by atoms with Crippen molar-refractivity contribution in [2.24, 2.45) is 23.2 Å². The summed E-state index contributed by atoms with van der Waals surface area (Å²) < 4.78 is 108. The van der Waals surface area contributed by atoms with Gasteiger partial charge in [0.2, 0.25) is 15.9 Å². The Bertz CT molecular complexity index is 1810. The van der Waals surface area contributed by atoms with Gasteiger partial charge in [-0.05, 0) is 85.9 Å². The number of alkyl halides is 6. The minimum Gasteiger partial charge on any atom is -0.346 e. The van der Waals surface area contributed by atoms with E-state index in [9.17, 15) is 44.3 Å². The van der Waals surface area contributed by atoms with E-state index in [1.807, 2.05) is 6.92 Å². The van der Waals surface area contributed by atoms with Gasteiger partial charge in [0.1, 0.15) is 0 Å². The van der Waals surface area contributed by atoms with E-state index in [0.29, 0.717) is 36.8 Å². The van der Waals surface area contributed by atoms with Crippen LogP contribution < -0.4 is 10.0 Å². The summed E-state index contributed by atoms with van der Waals surface area (Å²) in [6.45, 7) is 7.72. The SMILES string of the molecule is CCCCS(=O)(=O)NC(=O)[C@@H]1CC2CC(C2(C)C)[C@@]1(C)NC(=O)c1ccc2nc(-c3cc(C(F)(F)F)cc(C(F)(F)F)c3)ccc2c1. The van der Waals surface area contributed by atoms with Gasteiger partial charge >= 0.3 is 12.4 Å². The largest absolute Gasteiger partial charge is 0.416 e. The van der Waals surface area contributed by atoms with Gasteiger partial charge in [0.25, 0.3) is 5.91 Å². The van der Waals surface area contributed by atoms with Crippen LogP contribution in [-0.4, -0.2) is 36.5 Å². The highest BCUT2D eigenvalue weighted by molar-refractivity contribution is 7.90. The molecular formula is C33H35F6N3O4S. The number of nitrogens with one attached hydrogen (secondary N) is 2. The minimum absolute atomic E-state index is 0.0483. The number of unbranched alkanes of at least 4 members (excludes halogenated alkanes) is 1. The Kier molecular flexibility index (Phi) is 8.68. The lowest BCUT2D eigenvalue weighted by molar-refractivity contribution is -0.164. The Morgan fingerprint density at radius 3 is 2.13 bits per heavy atom. The topological polar surface area (TPSA) is 105 Å². The maximum atomic E-state index is 13.7. The third-order valence-corrected chi connectivity index (χ3v) is 11.3. The molecule has 0 saturated heterocycles. The number of hydrogen-bond acceptors (Lipinski definition) is 5. The molecule has 2 unspecified atom stereocenters. The van der Waals surface area contributed by atoms with Gasteiger partial charge in [-0.3, -0.25) is 14.3 Å². The molecule has 2 amide bonds. The first kappa shape index (κ1) is 34.6. The normalized spacial score (nSPS) is 24.0. The average Bonchev–Trinajstić information content (AvgIpc) is 2.97. The summed E-state index contributed by atoms with van der Waals surface area (Å²) in [6.07, 6.45) is -7.84. The molecule has 0 radical (unpaired) electrons. The third-order valence-electron chi connectivity index (χ3n) is 10.00. The van der Waals surface area contributed by atoms with Gasteiger partial charge < -0.3 is 5.32 Å². The van der Waals surface area contributed by atoms with E-state index in [2.05, 4.69) is 28.9 Å². The van der Waals surface area contributed by atoms with Crippen molar-refractivity contribution in [2.45, 2.75) is 71.3 Å². The molecule has 254 valence electrons. The molecule has 3 saturated carbocycles. The molecule has 4 atom stereocenters. The first-order chi connectivity index (χ1) is 21.7. The fourth-order valence-electron chi connectivity index (χ4n) is 7.22. The summed E-state index contributed by atoms with van der Waals surface area (Å²) in [7, 11) is -3.85. The number of aromatic nitrogens is 1. The molecular weight excluding hydrogens is 648 g/mol. The predicted molar refractivity (Wildman–Crippen MR) is 163 cm³/mol. The van der Waals surface area contributed by atoms with Gasteiger partial charge in [0, 0.05) is 16.5 Å². The molecule has 2 N–H and O–H groups in total. The average molecular weight is 684 g/mol. The number of halogens is 6. The molecule has 47 heavy (non-hydrogen) atoms. The molecule has 7 nitrogen and oxygen atoms in total. The number of hydrogen-bond donors (Lipinski definition) is 2. The summed E-state index contributed by atoms with van der Waals surface area (Å²) in [5.41, 5.74) is -4.30. The van der Waals surface area contributed by atoms with Crippen molar-refractivity contribution in [3.63, 3.8) is 0 Å². The lowest BCUT2D eigenvalue weighted by Crippen LogP contribution is -2.72. The second kappa shape index (κ2) is 11.8. The van der Waals surface area contributed by atoms with Crippen LogP contribution in [0.2, 0.25) is 0 Å². The summed E-state index contributed by atoms with van der Waals surface area (Å²) >= 11 is 0. The Morgan fingerprint density at radius 2 is 1.55 bits per heavy atom. The summed E-state index contributed by atoms with van der Waals surface area (Å²) in [5.74, 6) is -2.12. The van der Waals surface area contributed by atoms with E-state index >= 15 is 0 Å². The summed E-state index contributed by atoms with van der Waals surface area (Å²) in [6, 6.07) is 8.32. The maximum Gasteiger partial charge on any atom is 0.416 e. The fraction of sp³-hybridized carbons (Fsp3) is 0.485. The molecule has 3 aliphatic carbocycles. The van der Waals surface area contributed by atoms with Crippen LogP contribution in [-0.2, 0) is 27.2 Å². The Morgan fingerprint density at radius 1 is 0.915 bits per heavy atom. The molecule has 1 aromatic heterocycles. The lowest BCUT2D eigenvalue weighted by Gasteiger charge is -2.66. The van der Waals surface area contributed by atoms with Crippen LogP contribution in [0.15, 0.2) is 48.5 Å². The Labute approximate surface area is 268 Å². The zero-order valence-electron chi connectivity index (χ0n) is 26.1. The van der Waals surface area contributed by atoms with E-state index < -0.39 is 56.8 Å². The number of amides is 2. The fourth-order valence-corrected chi connectivity index (χ4v) is 8.44. The van der Waals surface area contributed by atoms with E-state index in [-0.39, 0.29) is 51.4 Å². The van der Waals surface area contributed by atoms with Gasteiger partial charge in [-0.2, -0.15) is 26.3 Å². The zero-order valence-corrected chi connectivity index (χ0v) is 27.0. The van der Waals surface area contributed by atoms with Crippen LogP contribution in [0.1, 0.15) is 74.9 Å². The second-order valence-electron chi connectivity index (χ2n) is 13.4. The van der Waals surface area contributed by atoms with Gasteiger partial charge in [-0.1, -0.05) is 33.3 Å². The van der Waals surface area contributed by atoms with Gasteiger partial charge in [-0.15, -0.1) is 0 Å². The Hall–Kier alpha value is -3.68. The van der Waals surface area contributed by atoms with Crippen LogP contribution in [0.25, 0.3) is 22.2 Å². The molecule has 3 aliphatic rings. The van der Waals surface area contributed by atoms with E-state index in [4.69, 9.17) is 0 Å². The van der Waals surface area contributed by atoms with Crippen molar-refractivity contribution in [2.75, 3.05) is 5.75 Å². The number of nitrogens with zero attached hydrogens (tertiary/aromatic N) is 1. The molecule has 3 aromatic rings. The highest BCUT2D eigenvalue weighted by Gasteiger charge is 2.65. The minimum atomic E-state index is -5.01. The highest BCUT2D eigenvalue weighted by atomic mass is 32.2. The van der Waals surface area contributed by atoms with E-state index in [1.165, 1.54) is 30.3 Å². The van der Waals surface area contributed by atoms with Crippen molar-refractivity contribution in [3.05, 3.63) is 65.2 Å². The molecule has 6 rings (SSSR count). The van der Waals surface area contributed by atoms with Crippen LogP contribution >= 0.6 is 0 Å². The van der Waals surface area contributed by atoms with Crippen molar-refractivity contribution < 1.29 is 44.3 Å². The highest BCUT2D eigenvalue weighted by Crippen LogP contribution is 2.64. The zero-order chi connectivity index (χ0) is 34.7. The van der Waals surface area contributed by atoms with Crippen molar-refractivity contribution in [1.82, 2.24) is 15.0 Å². The Balaban J connectivity index is 1.43.